The van der Waals surface area contributed by atoms with Crippen LogP contribution in [0.2, 0.25) is 0 Å². The SMILES string of the molecule is O=C(Nc1ccc(-n2nc(-c3cccnc3)cc2C(F)(F)F)nc1)C1=CC2OCOC2C=C1. The van der Waals surface area contributed by atoms with Gasteiger partial charge in [-0.05, 0) is 36.4 Å². The fourth-order valence-corrected chi connectivity index (χ4v) is 3.48. The molecule has 3 aromatic rings. The summed E-state index contributed by atoms with van der Waals surface area (Å²) in [4.78, 5) is 20.5. The summed E-state index contributed by atoms with van der Waals surface area (Å²) in [5.74, 6) is -0.449. The Morgan fingerprint density at radius 2 is 2.00 bits per heavy atom. The van der Waals surface area contributed by atoms with Gasteiger partial charge in [0.05, 0.1) is 17.6 Å². The van der Waals surface area contributed by atoms with E-state index in [9.17, 15) is 18.0 Å². The molecule has 2 atom stereocenters. The minimum Gasteiger partial charge on any atom is -0.345 e. The van der Waals surface area contributed by atoms with E-state index in [4.69, 9.17) is 9.47 Å². The van der Waals surface area contributed by atoms with Crippen LogP contribution in [-0.4, -0.2) is 44.7 Å². The maximum absolute atomic E-state index is 13.6. The average Bonchev–Trinajstić information content (AvgIpc) is 3.47. The number of ether oxygens (including phenoxy) is 2. The molecule has 1 saturated heterocycles. The normalized spacial score (nSPS) is 19.8. The Bertz CT molecular complexity index is 1240. The minimum absolute atomic E-state index is 0.0495. The van der Waals surface area contributed by atoms with E-state index in [1.807, 2.05) is 0 Å². The van der Waals surface area contributed by atoms with Crippen molar-refractivity contribution in [3.05, 3.63) is 78.4 Å². The number of hydrogen-bond donors (Lipinski definition) is 1. The van der Waals surface area contributed by atoms with Crippen LogP contribution >= 0.6 is 0 Å². The molecule has 168 valence electrons. The molecule has 5 rings (SSSR count). The molecule has 11 heteroatoms. The van der Waals surface area contributed by atoms with Crippen LogP contribution in [0.5, 0.6) is 0 Å². The summed E-state index contributed by atoms with van der Waals surface area (Å²) in [5.41, 5.74) is 0.284. The number of nitrogens with one attached hydrogen (secondary N) is 1. The van der Waals surface area contributed by atoms with E-state index >= 15 is 0 Å². The number of halogens is 3. The molecule has 1 fully saturated rings. The number of carbonyl (C=O) groups is 1. The number of nitrogens with zero attached hydrogens (tertiary/aromatic N) is 4. The van der Waals surface area contributed by atoms with Gasteiger partial charge in [0.15, 0.2) is 11.5 Å². The number of anilines is 1. The van der Waals surface area contributed by atoms with Crippen molar-refractivity contribution in [2.45, 2.75) is 18.4 Å². The molecular weight excluding hydrogens is 439 g/mol. The van der Waals surface area contributed by atoms with Crippen molar-refractivity contribution >= 4 is 11.6 Å². The number of aromatic nitrogens is 4. The summed E-state index contributed by atoms with van der Waals surface area (Å²) < 4.78 is 52.3. The molecule has 0 saturated carbocycles. The molecule has 0 aromatic carbocycles. The van der Waals surface area contributed by atoms with E-state index in [2.05, 4.69) is 20.4 Å². The summed E-state index contributed by atoms with van der Waals surface area (Å²) in [5, 5.41) is 6.74. The predicted molar refractivity (Wildman–Crippen MR) is 110 cm³/mol. The van der Waals surface area contributed by atoms with Gasteiger partial charge in [0, 0.05) is 23.5 Å². The van der Waals surface area contributed by atoms with Crippen LogP contribution in [0.25, 0.3) is 17.1 Å². The second-order valence-corrected chi connectivity index (χ2v) is 7.29. The maximum Gasteiger partial charge on any atom is 0.433 e. The number of alkyl halides is 3. The molecule has 33 heavy (non-hydrogen) atoms. The average molecular weight is 455 g/mol. The van der Waals surface area contributed by atoms with Gasteiger partial charge in [-0.15, -0.1) is 0 Å². The highest BCUT2D eigenvalue weighted by Crippen LogP contribution is 2.33. The number of amides is 1. The van der Waals surface area contributed by atoms with Crippen molar-refractivity contribution < 1.29 is 27.4 Å². The van der Waals surface area contributed by atoms with E-state index in [1.165, 1.54) is 30.7 Å². The largest absolute Gasteiger partial charge is 0.433 e. The van der Waals surface area contributed by atoms with Crippen LogP contribution in [0.15, 0.2) is 72.7 Å². The van der Waals surface area contributed by atoms with Gasteiger partial charge in [0.25, 0.3) is 5.91 Å². The third kappa shape index (κ3) is 4.28. The Balaban J connectivity index is 1.38. The molecule has 3 aromatic heterocycles. The summed E-state index contributed by atoms with van der Waals surface area (Å²) in [6.07, 6.45) is 4.06. The van der Waals surface area contributed by atoms with E-state index < -0.39 is 17.8 Å². The molecule has 1 N–H and O–H groups in total. The number of pyridine rings is 2. The van der Waals surface area contributed by atoms with Crippen LogP contribution in [0.3, 0.4) is 0 Å². The molecule has 0 spiro atoms. The third-order valence-electron chi connectivity index (χ3n) is 5.10. The van der Waals surface area contributed by atoms with Gasteiger partial charge in [-0.1, -0.05) is 12.2 Å². The van der Waals surface area contributed by atoms with Crippen molar-refractivity contribution in [1.29, 1.82) is 0 Å². The highest BCUT2D eigenvalue weighted by molar-refractivity contribution is 6.06. The minimum atomic E-state index is -4.65. The lowest BCUT2D eigenvalue weighted by Crippen LogP contribution is -2.24. The highest BCUT2D eigenvalue weighted by Gasteiger charge is 2.37. The highest BCUT2D eigenvalue weighted by atomic mass is 19.4. The summed E-state index contributed by atoms with van der Waals surface area (Å²) in [6, 6.07) is 6.97. The second kappa shape index (κ2) is 8.26. The fraction of sp³-hybridized carbons (Fsp3) is 0.182. The summed E-state index contributed by atoms with van der Waals surface area (Å²) >= 11 is 0. The van der Waals surface area contributed by atoms with Crippen LogP contribution in [0, 0.1) is 0 Å². The van der Waals surface area contributed by atoms with Crippen molar-refractivity contribution in [3.8, 4) is 17.1 Å². The van der Waals surface area contributed by atoms with Gasteiger partial charge in [0.2, 0.25) is 0 Å². The van der Waals surface area contributed by atoms with E-state index in [0.717, 1.165) is 10.7 Å². The van der Waals surface area contributed by atoms with Crippen LogP contribution in [-0.2, 0) is 20.4 Å². The first-order valence-corrected chi connectivity index (χ1v) is 9.87. The molecule has 4 heterocycles. The third-order valence-corrected chi connectivity index (χ3v) is 5.10. The molecular formula is C22H16F3N5O3. The van der Waals surface area contributed by atoms with E-state index in [1.54, 1.807) is 30.4 Å². The quantitative estimate of drug-likeness (QED) is 0.648. The summed E-state index contributed by atoms with van der Waals surface area (Å²) in [6.45, 7) is 0.159. The molecule has 1 amide bonds. The smallest absolute Gasteiger partial charge is 0.345 e. The topological polar surface area (TPSA) is 91.2 Å². The van der Waals surface area contributed by atoms with Crippen LogP contribution in [0.4, 0.5) is 18.9 Å². The molecule has 2 unspecified atom stereocenters. The monoisotopic (exact) mass is 455 g/mol. The van der Waals surface area contributed by atoms with Crippen molar-refractivity contribution in [2.75, 3.05) is 12.1 Å². The standard InChI is InChI=1S/C22H16F3N5O3/c23-22(24,25)19-9-16(14-2-1-7-26-10-14)29-30(19)20-6-4-15(11-27-20)28-21(31)13-3-5-17-18(8-13)33-12-32-17/h1-11,17-18H,12H2,(H,28,31). The zero-order valence-corrected chi connectivity index (χ0v) is 16.9. The van der Waals surface area contributed by atoms with Crippen molar-refractivity contribution in [2.24, 2.45) is 0 Å². The van der Waals surface area contributed by atoms with Crippen molar-refractivity contribution in [3.63, 3.8) is 0 Å². The lowest BCUT2D eigenvalue weighted by molar-refractivity contribution is -0.142. The van der Waals surface area contributed by atoms with Crippen LogP contribution in [0.1, 0.15) is 5.69 Å². The van der Waals surface area contributed by atoms with Crippen molar-refractivity contribution in [1.82, 2.24) is 19.7 Å². The van der Waals surface area contributed by atoms with Crippen LogP contribution < -0.4 is 5.32 Å². The Morgan fingerprint density at radius 1 is 1.15 bits per heavy atom. The Kier molecular flexibility index (Phi) is 5.27. The van der Waals surface area contributed by atoms with Gasteiger partial charge < -0.3 is 14.8 Å². The lowest BCUT2D eigenvalue weighted by Gasteiger charge is -2.16. The predicted octanol–water partition coefficient (Wildman–Crippen LogP) is 3.52. The molecule has 1 aliphatic carbocycles. The molecule has 0 radical (unpaired) electrons. The fourth-order valence-electron chi connectivity index (χ4n) is 3.48. The first kappa shape index (κ1) is 21.0. The van der Waals surface area contributed by atoms with E-state index in [0.29, 0.717) is 16.8 Å². The van der Waals surface area contributed by atoms with Gasteiger partial charge in [-0.2, -0.15) is 18.3 Å². The van der Waals surface area contributed by atoms with E-state index in [-0.39, 0.29) is 30.5 Å². The Morgan fingerprint density at radius 3 is 2.73 bits per heavy atom. The van der Waals surface area contributed by atoms with Gasteiger partial charge >= 0.3 is 6.18 Å². The molecule has 0 bridgehead atoms. The molecule has 2 aliphatic rings. The zero-order chi connectivity index (χ0) is 23.0. The number of fused-ring (bicyclic) bond motifs is 1. The second-order valence-electron chi connectivity index (χ2n) is 7.29. The Hall–Kier alpha value is -3.83. The molecule has 8 nitrogen and oxygen atoms in total. The Labute approximate surface area is 185 Å². The zero-order valence-electron chi connectivity index (χ0n) is 16.9. The lowest BCUT2D eigenvalue weighted by atomic mass is 10.0. The maximum atomic E-state index is 13.6. The first-order chi connectivity index (χ1) is 15.9. The molecule has 1 aliphatic heterocycles. The number of hydrogen-bond acceptors (Lipinski definition) is 6. The van der Waals surface area contributed by atoms with Gasteiger partial charge in [0.1, 0.15) is 19.0 Å². The van der Waals surface area contributed by atoms with Gasteiger partial charge in [-0.3, -0.25) is 9.78 Å². The summed E-state index contributed by atoms with van der Waals surface area (Å²) in [7, 11) is 0. The number of carbonyl (C=O) groups excluding carboxylic acids is 1. The van der Waals surface area contributed by atoms with Gasteiger partial charge in [-0.25, -0.2) is 9.67 Å². The first-order valence-electron chi connectivity index (χ1n) is 9.87. The number of rotatable bonds is 4.